The summed E-state index contributed by atoms with van der Waals surface area (Å²) in [5, 5.41) is 19.4. The van der Waals surface area contributed by atoms with E-state index in [4.69, 9.17) is 9.47 Å². The van der Waals surface area contributed by atoms with Crippen LogP contribution in [0.5, 0.6) is 5.75 Å². The van der Waals surface area contributed by atoms with Crippen molar-refractivity contribution in [3.63, 3.8) is 0 Å². The van der Waals surface area contributed by atoms with E-state index in [1.54, 1.807) is 57.3 Å². The lowest BCUT2D eigenvalue weighted by molar-refractivity contribution is -0.150. The lowest BCUT2D eigenvalue weighted by atomic mass is 10.1. The molecule has 1 aliphatic rings. The molecule has 1 aliphatic carbocycles. The topological polar surface area (TPSA) is 164 Å². The summed E-state index contributed by atoms with van der Waals surface area (Å²) in [4.78, 5) is 57.4. The summed E-state index contributed by atoms with van der Waals surface area (Å²) in [6, 6.07) is 11.1. The van der Waals surface area contributed by atoms with Gasteiger partial charge in [0.2, 0.25) is 6.79 Å². The molecular formula is C31H32N6O7. The molecule has 13 nitrogen and oxygen atoms in total. The molecule has 2 aromatic carbocycles. The van der Waals surface area contributed by atoms with Crippen molar-refractivity contribution in [2.75, 3.05) is 18.2 Å². The molecule has 5 rings (SSSR count). The number of hydrogen-bond acceptors (Lipinski definition) is 9. The Hall–Kier alpha value is -5.46. The second-order valence-electron chi connectivity index (χ2n) is 10.4. The quantitative estimate of drug-likeness (QED) is 0.182. The van der Waals surface area contributed by atoms with Gasteiger partial charge in [-0.1, -0.05) is 18.2 Å². The van der Waals surface area contributed by atoms with Gasteiger partial charge in [0.25, 0.3) is 11.8 Å². The first-order chi connectivity index (χ1) is 21.2. The highest BCUT2D eigenvalue weighted by Crippen LogP contribution is 2.34. The van der Waals surface area contributed by atoms with Crippen molar-refractivity contribution >= 4 is 40.9 Å². The van der Waals surface area contributed by atoms with Gasteiger partial charge in [0.1, 0.15) is 17.6 Å². The number of aromatic hydroxyl groups is 1. The summed E-state index contributed by atoms with van der Waals surface area (Å²) < 4.78 is 12.0. The first-order valence-corrected chi connectivity index (χ1v) is 14.1. The van der Waals surface area contributed by atoms with Gasteiger partial charge in [-0.15, -0.1) is 0 Å². The minimum atomic E-state index is -0.939. The van der Waals surface area contributed by atoms with E-state index in [0.717, 1.165) is 12.8 Å². The normalized spacial score (nSPS) is 12.4. The molecule has 44 heavy (non-hydrogen) atoms. The molecule has 2 heterocycles. The van der Waals surface area contributed by atoms with Gasteiger partial charge in [-0.3, -0.25) is 14.4 Å². The fourth-order valence-electron chi connectivity index (χ4n) is 4.62. The predicted molar refractivity (Wildman–Crippen MR) is 159 cm³/mol. The number of amides is 3. The third-order valence-electron chi connectivity index (χ3n) is 7.10. The van der Waals surface area contributed by atoms with Crippen LogP contribution in [0.2, 0.25) is 0 Å². The van der Waals surface area contributed by atoms with E-state index >= 15 is 0 Å². The molecular weight excluding hydrogens is 568 g/mol. The third kappa shape index (κ3) is 6.61. The van der Waals surface area contributed by atoms with Crippen molar-refractivity contribution in [1.82, 2.24) is 25.2 Å². The van der Waals surface area contributed by atoms with Gasteiger partial charge in [0, 0.05) is 24.3 Å². The Bertz CT molecular complexity index is 1730. The number of aryl methyl sites for hydroxylation is 2. The number of benzene rings is 2. The smallest absolute Gasteiger partial charge is 0.423 e. The molecule has 228 valence electrons. The van der Waals surface area contributed by atoms with Crippen LogP contribution in [-0.4, -0.2) is 63.0 Å². The monoisotopic (exact) mass is 600 g/mol. The van der Waals surface area contributed by atoms with Crippen molar-refractivity contribution in [2.24, 2.45) is 0 Å². The van der Waals surface area contributed by atoms with Crippen molar-refractivity contribution < 1.29 is 33.8 Å². The second kappa shape index (κ2) is 12.8. The Morgan fingerprint density at radius 3 is 2.50 bits per heavy atom. The number of ether oxygens (including phenoxy) is 2. The minimum absolute atomic E-state index is 0.0655. The molecule has 1 saturated carbocycles. The van der Waals surface area contributed by atoms with Gasteiger partial charge in [-0.05, 0) is 74.6 Å². The molecule has 3 amide bonds. The SMILES string of the molecule is CCNC(=O)c1cn2ncnc(N(C(=O)OCOC(=O)Cc3ccc(O)cc3)c3cc(C(=O)NC4CC4)ccc3C)c2c1C. The summed E-state index contributed by atoms with van der Waals surface area (Å²) in [6.07, 6.45) is 3.56. The molecule has 0 saturated heterocycles. The Morgan fingerprint density at radius 1 is 1.05 bits per heavy atom. The Morgan fingerprint density at radius 2 is 1.80 bits per heavy atom. The number of rotatable bonds is 10. The lowest BCUT2D eigenvalue weighted by Crippen LogP contribution is -2.31. The van der Waals surface area contributed by atoms with E-state index in [0.29, 0.717) is 45.6 Å². The van der Waals surface area contributed by atoms with Crippen molar-refractivity contribution in [1.29, 1.82) is 0 Å². The molecule has 0 unspecified atom stereocenters. The van der Waals surface area contributed by atoms with Crippen LogP contribution >= 0.6 is 0 Å². The molecule has 0 radical (unpaired) electrons. The lowest BCUT2D eigenvalue weighted by Gasteiger charge is -2.24. The van der Waals surface area contributed by atoms with Gasteiger partial charge in [0.15, 0.2) is 5.82 Å². The summed E-state index contributed by atoms with van der Waals surface area (Å²) in [5.74, 6) is -1.09. The molecule has 2 aromatic heterocycles. The highest BCUT2D eigenvalue weighted by atomic mass is 16.7. The standard InChI is InChI=1S/C31H32N6O7/c1-4-32-30(41)24-15-36-27(19(24)3)28(33-16-34-36)37(25-14-21(8-5-18(25)2)29(40)35-22-9-10-22)31(42)44-17-43-26(39)13-20-6-11-23(38)12-7-20/h5-8,11-12,14-16,22,38H,4,9-10,13,17H2,1-3H3,(H,32,41)(H,35,40). The van der Waals surface area contributed by atoms with Crippen LogP contribution in [0.15, 0.2) is 55.0 Å². The van der Waals surface area contributed by atoms with Crippen molar-refractivity contribution in [3.05, 3.63) is 82.8 Å². The molecule has 1 fully saturated rings. The fourth-order valence-corrected chi connectivity index (χ4v) is 4.62. The van der Waals surface area contributed by atoms with Gasteiger partial charge < -0.3 is 25.2 Å². The van der Waals surface area contributed by atoms with Crippen molar-refractivity contribution in [2.45, 2.75) is 46.1 Å². The Balaban J connectivity index is 1.48. The average Bonchev–Trinajstić information content (AvgIpc) is 3.75. The number of esters is 1. The number of fused-ring (bicyclic) bond motifs is 1. The number of nitrogens with zero attached hydrogens (tertiary/aromatic N) is 4. The maximum Gasteiger partial charge on any atom is 0.423 e. The third-order valence-corrected chi connectivity index (χ3v) is 7.10. The van der Waals surface area contributed by atoms with Crippen LogP contribution in [0.4, 0.5) is 16.3 Å². The van der Waals surface area contributed by atoms with Crippen LogP contribution in [-0.2, 0) is 20.7 Å². The number of carbonyl (C=O) groups excluding carboxylic acids is 4. The van der Waals surface area contributed by atoms with E-state index in [1.165, 1.54) is 27.9 Å². The van der Waals surface area contributed by atoms with E-state index in [2.05, 4.69) is 20.7 Å². The summed E-state index contributed by atoms with van der Waals surface area (Å²) in [5.41, 5.74) is 3.09. The number of carbonyl (C=O) groups is 4. The van der Waals surface area contributed by atoms with Gasteiger partial charge in [0.05, 0.1) is 17.7 Å². The summed E-state index contributed by atoms with van der Waals surface area (Å²) in [6.45, 7) is 5.01. The molecule has 0 bridgehead atoms. The maximum absolute atomic E-state index is 13.8. The first kappa shape index (κ1) is 30.0. The van der Waals surface area contributed by atoms with E-state index < -0.39 is 18.9 Å². The molecule has 3 N–H and O–H groups in total. The number of phenolic OH excluding ortho intramolecular Hbond substituents is 1. The summed E-state index contributed by atoms with van der Waals surface area (Å²) in [7, 11) is 0. The number of nitrogens with one attached hydrogen (secondary N) is 2. The second-order valence-corrected chi connectivity index (χ2v) is 10.4. The first-order valence-electron chi connectivity index (χ1n) is 14.1. The highest BCUT2D eigenvalue weighted by Gasteiger charge is 2.30. The van der Waals surface area contributed by atoms with Crippen LogP contribution in [0.25, 0.3) is 5.52 Å². The number of aromatic nitrogens is 3. The molecule has 0 atom stereocenters. The minimum Gasteiger partial charge on any atom is -0.508 e. The van der Waals surface area contributed by atoms with Crippen LogP contribution in [0.1, 0.15) is 57.2 Å². The molecule has 0 spiro atoms. The summed E-state index contributed by atoms with van der Waals surface area (Å²) >= 11 is 0. The zero-order valence-electron chi connectivity index (χ0n) is 24.5. The molecule has 4 aromatic rings. The number of anilines is 2. The highest BCUT2D eigenvalue weighted by molar-refractivity contribution is 6.05. The Kier molecular flexibility index (Phi) is 8.74. The van der Waals surface area contributed by atoms with E-state index in [1.807, 2.05) is 0 Å². The van der Waals surface area contributed by atoms with Crippen molar-refractivity contribution in [3.8, 4) is 5.75 Å². The zero-order chi connectivity index (χ0) is 31.4. The fraction of sp³-hybridized carbons (Fsp3) is 0.290. The average molecular weight is 601 g/mol. The van der Waals surface area contributed by atoms with Crippen LogP contribution in [0.3, 0.4) is 0 Å². The molecule has 13 heteroatoms. The largest absolute Gasteiger partial charge is 0.508 e. The van der Waals surface area contributed by atoms with Gasteiger partial charge >= 0.3 is 12.1 Å². The maximum atomic E-state index is 13.8. The van der Waals surface area contributed by atoms with Gasteiger partial charge in [-0.2, -0.15) is 5.10 Å². The van der Waals surface area contributed by atoms with Gasteiger partial charge in [-0.25, -0.2) is 19.2 Å². The van der Waals surface area contributed by atoms with E-state index in [9.17, 15) is 24.3 Å². The molecule has 0 aliphatic heterocycles. The van der Waals surface area contributed by atoms with E-state index in [-0.39, 0.29) is 35.8 Å². The van der Waals surface area contributed by atoms with Crippen LogP contribution < -0.4 is 15.5 Å². The zero-order valence-corrected chi connectivity index (χ0v) is 24.5. The predicted octanol–water partition coefficient (Wildman–Crippen LogP) is 3.71. The van der Waals surface area contributed by atoms with Crippen LogP contribution in [0, 0.1) is 13.8 Å². The Labute approximate surface area is 252 Å². The number of phenols is 1. The number of hydrogen-bond donors (Lipinski definition) is 3.